The van der Waals surface area contributed by atoms with E-state index in [1.807, 2.05) is 0 Å². The molecule has 1 saturated heterocycles. The minimum atomic E-state index is -0.392. The SMILES string of the molecule is O=C(c1ccc(F)cc1)c1ccccc1C(=O)N1CCC1. The van der Waals surface area contributed by atoms with Crippen LogP contribution in [0.5, 0.6) is 0 Å². The Hall–Kier alpha value is -2.49. The summed E-state index contributed by atoms with van der Waals surface area (Å²) < 4.78 is 12.9. The van der Waals surface area contributed by atoms with Crippen LogP contribution in [0.1, 0.15) is 32.7 Å². The molecule has 21 heavy (non-hydrogen) atoms. The molecule has 1 aliphatic rings. The summed E-state index contributed by atoms with van der Waals surface area (Å²) in [6.45, 7) is 1.47. The van der Waals surface area contributed by atoms with Crippen LogP contribution in [-0.4, -0.2) is 29.7 Å². The summed E-state index contributed by atoms with van der Waals surface area (Å²) in [6, 6.07) is 12.1. The van der Waals surface area contributed by atoms with E-state index >= 15 is 0 Å². The fourth-order valence-corrected chi connectivity index (χ4v) is 2.31. The fraction of sp³-hybridized carbons (Fsp3) is 0.176. The first kappa shape index (κ1) is 13.5. The number of amides is 1. The molecule has 0 N–H and O–H groups in total. The number of ketones is 1. The highest BCUT2D eigenvalue weighted by molar-refractivity contribution is 6.15. The summed E-state index contributed by atoms with van der Waals surface area (Å²) in [6.07, 6.45) is 1.000. The summed E-state index contributed by atoms with van der Waals surface area (Å²) in [5.74, 6) is -0.775. The van der Waals surface area contributed by atoms with Crippen LogP contribution in [0.4, 0.5) is 4.39 Å². The van der Waals surface area contributed by atoms with E-state index in [2.05, 4.69) is 0 Å². The van der Waals surface area contributed by atoms with Crippen molar-refractivity contribution in [1.82, 2.24) is 4.90 Å². The number of nitrogens with zero attached hydrogens (tertiary/aromatic N) is 1. The summed E-state index contributed by atoms with van der Waals surface area (Å²) in [5, 5.41) is 0. The lowest BCUT2D eigenvalue weighted by atomic mass is 9.97. The zero-order valence-corrected chi connectivity index (χ0v) is 11.4. The Kier molecular flexibility index (Phi) is 3.52. The zero-order valence-electron chi connectivity index (χ0n) is 11.4. The molecule has 1 aliphatic heterocycles. The van der Waals surface area contributed by atoms with Gasteiger partial charge in [0.2, 0.25) is 0 Å². The molecule has 3 rings (SSSR count). The average Bonchev–Trinajstić information content (AvgIpc) is 2.45. The normalized spacial score (nSPS) is 13.7. The Morgan fingerprint density at radius 3 is 2.10 bits per heavy atom. The van der Waals surface area contributed by atoms with E-state index < -0.39 is 5.82 Å². The quantitative estimate of drug-likeness (QED) is 0.812. The van der Waals surface area contributed by atoms with Gasteiger partial charge in [0.1, 0.15) is 5.82 Å². The Balaban J connectivity index is 1.96. The molecule has 4 heteroatoms. The first-order chi connectivity index (χ1) is 10.2. The molecule has 0 aliphatic carbocycles. The molecule has 0 spiro atoms. The van der Waals surface area contributed by atoms with Crippen LogP contribution in [0, 0.1) is 5.82 Å². The van der Waals surface area contributed by atoms with E-state index in [1.54, 1.807) is 29.2 Å². The van der Waals surface area contributed by atoms with E-state index in [4.69, 9.17) is 0 Å². The standard InChI is InChI=1S/C17H14FNO2/c18-13-8-6-12(7-9-13)16(20)14-4-1-2-5-15(14)17(21)19-10-3-11-19/h1-2,4-9H,3,10-11H2. The van der Waals surface area contributed by atoms with Crippen LogP contribution in [0.15, 0.2) is 48.5 Å². The zero-order chi connectivity index (χ0) is 14.8. The number of halogens is 1. The van der Waals surface area contributed by atoms with Gasteiger partial charge in [-0.15, -0.1) is 0 Å². The average molecular weight is 283 g/mol. The second-order valence-corrected chi connectivity index (χ2v) is 5.03. The number of carbonyl (C=O) groups is 2. The second-order valence-electron chi connectivity index (χ2n) is 5.03. The highest BCUT2D eigenvalue weighted by Gasteiger charge is 2.25. The maximum absolute atomic E-state index is 12.9. The molecule has 0 saturated carbocycles. The first-order valence-corrected chi connectivity index (χ1v) is 6.85. The Labute approximate surface area is 122 Å². The van der Waals surface area contributed by atoms with Crippen LogP contribution in [-0.2, 0) is 0 Å². The van der Waals surface area contributed by atoms with Crippen molar-refractivity contribution in [2.45, 2.75) is 6.42 Å². The van der Waals surface area contributed by atoms with Crippen LogP contribution in [0.2, 0.25) is 0 Å². The first-order valence-electron chi connectivity index (χ1n) is 6.85. The third-order valence-corrected chi connectivity index (χ3v) is 3.65. The molecule has 106 valence electrons. The number of benzene rings is 2. The molecule has 3 nitrogen and oxygen atoms in total. The number of carbonyl (C=O) groups excluding carboxylic acids is 2. The van der Waals surface area contributed by atoms with Gasteiger partial charge in [0, 0.05) is 24.2 Å². The van der Waals surface area contributed by atoms with Crippen molar-refractivity contribution in [2.24, 2.45) is 0 Å². The molecule has 1 fully saturated rings. The van der Waals surface area contributed by atoms with Crippen LogP contribution in [0.25, 0.3) is 0 Å². The van der Waals surface area contributed by atoms with Crippen molar-refractivity contribution in [3.63, 3.8) is 0 Å². The van der Waals surface area contributed by atoms with Crippen molar-refractivity contribution in [3.8, 4) is 0 Å². The molecule has 1 heterocycles. The topological polar surface area (TPSA) is 37.4 Å². The number of hydrogen-bond donors (Lipinski definition) is 0. The molecule has 0 unspecified atom stereocenters. The highest BCUT2D eigenvalue weighted by atomic mass is 19.1. The summed E-state index contributed by atoms with van der Waals surface area (Å²) in [4.78, 5) is 26.6. The molecule has 0 radical (unpaired) electrons. The van der Waals surface area contributed by atoms with Gasteiger partial charge < -0.3 is 4.90 Å². The Morgan fingerprint density at radius 2 is 1.52 bits per heavy atom. The molecule has 0 atom stereocenters. The Morgan fingerprint density at radius 1 is 0.905 bits per heavy atom. The van der Waals surface area contributed by atoms with Gasteiger partial charge in [-0.05, 0) is 36.8 Å². The van der Waals surface area contributed by atoms with E-state index in [0.717, 1.165) is 19.5 Å². The maximum atomic E-state index is 12.9. The lowest BCUT2D eigenvalue weighted by molar-refractivity contribution is 0.0648. The molecular weight excluding hydrogens is 269 g/mol. The molecule has 2 aromatic carbocycles. The Bertz CT molecular complexity index is 690. The van der Waals surface area contributed by atoms with Crippen molar-refractivity contribution in [1.29, 1.82) is 0 Å². The van der Waals surface area contributed by atoms with Gasteiger partial charge in [-0.25, -0.2) is 4.39 Å². The second kappa shape index (κ2) is 5.48. The van der Waals surface area contributed by atoms with Crippen molar-refractivity contribution in [2.75, 3.05) is 13.1 Å². The smallest absolute Gasteiger partial charge is 0.254 e. The lowest BCUT2D eigenvalue weighted by Crippen LogP contribution is -2.42. The van der Waals surface area contributed by atoms with E-state index in [1.165, 1.54) is 24.3 Å². The summed E-state index contributed by atoms with van der Waals surface area (Å²) in [5.41, 5.74) is 1.15. The number of rotatable bonds is 3. The minimum Gasteiger partial charge on any atom is -0.338 e. The van der Waals surface area contributed by atoms with Gasteiger partial charge in [0.05, 0.1) is 5.56 Å². The monoisotopic (exact) mass is 283 g/mol. The van der Waals surface area contributed by atoms with Gasteiger partial charge >= 0.3 is 0 Å². The molecule has 0 aromatic heterocycles. The largest absolute Gasteiger partial charge is 0.338 e. The predicted molar refractivity (Wildman–Crippen MR) is 76.8 cm³/mol. The van der Waals surface area contributed by atoms with E-state index in [-0.39, 0.29) is 11.7 Å². The predicted octanol–water partition coefficient (Wildman–Crippen LogP) is 2.90. The third-order valence-electron chi connectivity index (χ3n) is 3.65. The van der Waals surface area contributed by atoms with Crippen LogP contribution >= 0.6 is 0 Å². The van der Waals surface area contributed by atoms with Crippen LogP contribution < -0.4 is 0 Å². The molecule has 0 bridgehead atoms. The lowest BCUT2D eigenvalue weighted by Gasteiger charge is -2.31. The number of likely N-dealkylation sites (tertiary alicyclic amines) is 1. The molecular formula is C17H14FNO2. The van der Waals surface area contributed by atoms with Crippen LogP contribution in [0.3, 0.4) is 0 Å². The molecule has 2 aromatic rings. The van der Waals surface area contributed by atoms with E-state index in [9.17, 15) is 14.0 Å². The fourth-order valence-electron chi connectivity index (χ4n) is 2.31. The third kappa shape index (κ3) is 2.57. The minimum absolute atomic E-state index is 0.118. The highest BCUT2D eigenvalue weighted by Crippen LogP contribution is 2.19. The van der Waals surface area contributed by atoms with Gasteiger partial charge in [0.15, 0.2) is 5.78 Å². The van der Waals surface area contributed by atoms with E-state index in [0.29, 0.717) is 16.7 Å². The summed E-state index contributed by atoms with van der Waals surface area (Å²) >= 11 is 0. The van der Waals surface area contributed by atoms with Crippen molar-refractivity contribution < 1.29 is 14.0 Å². The van der Waals surface area contributed by atoms with Crippen molar-refractivity contribution in [3.05, 3.63) is 71.0 Å². The maximum Gasteiger partial charge on any atom is 0.254 e. The van der Waals surface area contributed by atoms with Gasteiger partial charge in [0.25, 0.3) is 5.91 Å². The van der Waals surface area contributed by atoms with Gasteiger partial charge in [-0.2, -0.15) is 0 Å². The van der Waals surface area contributed by atoms with Gasteiger partial charge in [-0.1, -0.05) is 18.2 Å². The van der Waals surface area contributed by atoms with Crippen molar-refractivity contribution >= 4 is 11.7 Å². The summed E-state index contributed by atoms with van der Waals surface area (Å²) in [7, 11) is 0. The molecule has 1 amide bonds. The number of hydrogen-bond acceptors (Lipinski definition) is 2. The van der Waals surface area contributed by atoms with Gasteiger partial charge in [-0.3, -0.25) is 9.59 Å².